The van der Waals surface area contributed by atoms with Crippen molar-refractivity contribution in [3.05, 3.63) is 66.1 Å². The zero-order chi connectivity index (χ0) is 19.4. The largest absolute Gasteiger partial charge is 0.459 e. The zero-order valence-corrected chi connectivity index (χ0v) is 15.4. The van der Waals surface area contributed by atoms with Crippen molar-refractivity contribution in [2.45, 2.75) is 13.3 Å². The summed E-state index contributed by atoms with van der Waals surface area (Å²) in [4.78, 5) is 42.0. The molecular weight excluding hydrogens is 356 g/mol. The first kappa shape index (κ1) is 17.0. The van der Waals surface area contributed by atoms with Gasteiger partial charge in [-0.15, -0.1) is 0 Å². The van der Waals surface area contributed by atoms with Crippen LogP contribution in [0.3, 0.4) is 0 Å². The molecule has 0 spiro atoms. The molecule has 3 aliphatic rings. The second-order valence-corrected chi connectivity index (χ2v) is 7.74. The Morgan fingerprint density at radius 2 is 1.75 bits per heavy atom. The van der Waals surface area contributed by atoms with Crippen LogP contribution in [-0.4, -0.2) is 29.3 Å². The number of hydrogen-bond acceptors (Lipinski definition) is 4. The van der Waals surface area contributed by atoms with E-state index >= 15 is 0 Å². The van der Waals surface area contributed by atoms with Crippen LogP contribution < -0.4 is 4.90 Å². The zero-order valence-electron chi connectivity index (χ0n) is 15.4. The minimum Gasteiger partial charge on any atom is -0.459 e. The summed E-state index contributed by atoms with van der Waals surface area (Å²) >= 11 is 0. The van der Waals surface area contributed by atoms with E-state index in [0.717, 1.165) is 12.0 Å². The third-order valence-corrected chi connectivity index (χ3v) is 6.23. The number of hydrogen-bond donors (Lipinski definition) is 0. The fraction of sp³-hybridized carbons (Fsp3) is 0.318. The van der Waals surface area contributed by atoms with Crippen LogP contribution in [0.5, 0.6) is 0 Å². The van der Waals surface area contributed by atoms with Gasteiger partial charge in [-0.2, -0.15) is 0 Å². The molecule has 3 amide bonds. The van der Waals surface area contributed by atoms with Crippen molar-refractivity contribution >= 4 is 23.4 Å². The highest BCUT2D eigenvalue weighted by Gasteiger charge is 2.59. The first-order valence-corrected chi connectivity index (χ1v) is 9.51. The maximum atomic E-state index is 13.1. The standard InChI is InChI=1S/C22H20N2O4/c1-13-5-2-3-6-16(13)23(20(25)17-7-4-10-28-17)12-24-21(26)18-14-8-9-15(11-14)19(18)22(24)27/h2-10,14-15,18-19H,11-12H2,1H3/t14-,15+,18-,19-/m0/s1. The van der Waals surface area contributed by atoms with Gasteiger partial charge in [0.15, 0.2) is 5.76 Å². The molecule has 4 atom stereocenters. The van der Waals surface area contributed by atoms with Gasteiger partial charge in [-0.3, -0.25) is 24.2 Å². The van der Waals surface area contributed by atoms with E-state index in [4.69, 9.17) is 4.42 Å². The fourth-order valence-electron chi connectivity index (χ4n) is 4.89. The lowest BCUT2D eigenvalue weighted by Gasteiger charge is -2.28. The smallest absolute Gasteiger partial charge is 0.295 e. The van der Waals surface area contributed by atoms with Gasteiger partial charge in [-0.1, -0.05) is 30.4 Å². The number of benzene rings is 1. The van der Waals surface area contributed by atoms with Crippen molar-refractivity contribution in [1.29, 1.82) is 0 Å². The Bertz CT molecular complexity index is 964. The monoisotopic (exact) mass is 376 g/mol. The van der Waals surface area contributed by atoms with E-state index in [1.54, 1.807) is 12.1 Å². The number of amides is 3. The third kappa shape index (κ3) is 2.37. The van der Waals surface area contributed by atoms with Gasteiger partial charge in [0, 0.05) is 5.69 Å². The number of aryl methyl sites for hydroxylation is 1. The number of nitrogens with zero attached hydrogens (tertiary/aromatic N) is 2. The Kier molecular flexibility index (Phi) is 3.75. The van der Waals surface area contributed by atoms with E-state index in [0.29, 0.717) is 5.69 Å². The highest BCUT2D eigenvalue weighted by atomic mass is 16.3. The van der Waals surface area contributed by atoms with Crippen LogP contribution in [0, 0.1) is 30.6 Å². The van der Waals surface area contributed by atoms with Crippen LogP contribution in [0.1, 0.15) is 22.5 Å². The van der Waals surface area contributed by atoms with Crippen LogP contribution in [0.25, 0.3) is 0 Å². The molecule has 28 heavy (non-hydrogen) atoms. The van der Waals surface area contributed by atoms with Gasteiger partial charge in [-0.25, -0.2) is 0 Å². The van der Waals surface area contributed by atoms with Gasteiger partial charge in [0.1, 0.15) is 6.67 Å². The first-order valence-electron chi connectivity index (χ1n) is 9.51. The number of carbonyl (C=O) groups excluding carboxylic acids is 3. The summed E-state index contributed by atoms with van der Waals surface area (Å²) < 4.78 is 5.28. The van der Waals surface area contributed by atoms with Gasteiger partial charge in [-0.05, 0) is 48.9 Å². The quantitative estimate of drug-likeness (QED) is 0.608. The molecule has 0 N–H and O–H groups in total. The summed E-state index contributed by atoms with van der Waals surface area (Å²) in [6.45, 7) is 1.79. The summed E-state index contributed by atoms with van der Waals surface area (Å²) in [7, 11) is 0. The third-order valence-electron chi connectivity index (χ3n) is 6.23. The fourth-order valence-corrected chi connectivity index (χ4v) is 4.89. The van der Waals surface area contributed by atoms with Crippen LogP contribution in [0.4, 0.5) is 5.69 Å². The number of para-hydroxylation sites is 1. The molecule has 1 saturated heterocycles. The van der Waals surface area contributed by atoms with E-state index in [1.165, 1.54) is 16.1 Å². The first-order chi connectivity index (χ1) is 13.6. The summed E-state index contributed by atoms with van der Waals surface area (Å²) in [5, 5.41) is 0. The number of anilines is 1. The second kappa shape index (κ2) is 6.19. The number of allylic oxidation sites excluding steroid dienone is 2. The summed E-state index contributed by atoms with van der Waals surface area (Å²) in [6.07, 6.45) is 6.44. The average Bonchev–Trinajstić information content (AvgIpc) is 3.47. The molecule has 1 aromatic carbocycles. The predicted molar refractivity (Wildman–Crippen MR) is 101 cm³/mol. The molecule has 5 rings (SSSR count). The molecule has 6 heteroatoms. The molecule has 0 radical (unpaired) electrons. The Morgan fingerprint density at radius 1 is 1.07 bits per heavy atom. The minimum absolute atomic E-state index is 0.103. The van der Waals surface area contributed by atoms with E-state index in [9.17, 15) is 14.4 Å². The van der Waals surface area contributed by atoms with Crippen molar-refractivity contribution in [2.75, 3.05) is 11.6 Å². The molecular formula is C22H20N2O4. The van der Waals surface area contributed by atoms with Crippen molar-refractivity contribution in [1.82, 2.24) is 4.90 Å². The number of imide groups is 1. The number of furan rings is 1. The minimum atomic E-state index is -0.377. The molecule has 1 saturated carbocycles. The molecule has 1 aliphatic heterocycles. The summed E-state index contributed by atoms with van der Waals surface area (Å²) in [5.74, 6) is -0.814. The topological polar surface area (TPSA) is 70.8 Å². The predicted octanol–water partition coefficient (Wildman–Crippen LogP) is 3.00. The van der Waals surface area contributed by atoms with E-state index < -0.39 is 0 Å². The maximum Gasteiger partial charge on any atom is 0.295 e. The highest BCUT2D eigenvalue weighted by Crippen LogP contribution is 2.52. The van der Waals surface area contributed by atoms with E-state index in [1.807, 2.05) is 31.2 Å². The number of likely N-dealkylation sites (tertiary alicyclic amines) is 1. The molecule has 2 aliphatic carbocycles. The van der Waals surface area contributed by atoms with Crippen molar-refractivity contribution < 1.29 is 18.8 Å². The highest BCUT2D eigenvalue weighted by molar-refractivity contribution is 6.09. The van der Waals surface area contributed by atoms with Gasteiger partial charge in [0.25, 0.3) is 5.91 Å². The SMILES string of the molecule is Cc1ccccc1N(CN1C(=O)[C@@H]2[C@@H](C1=O)[C@H]1C=C[C@@H]2C1)C(=O)c1ccco1. The Labute approximate surface area is 162 Å². The maximum absolute atomic E-state index is 13.1. The lowest BCUT2D eigenvalue weighted by molar-refractivity contribution is -0.140. The second-order valence-electron chi connectivity index (χ2n) is 7.74. The molecule has 6 nitrogen and oxygen atoms in total. The lowest BCUT2D eigenvalue weighted by atomic mass is 9.85. The average molecular weight is 376 g/mol. The molecule has 0 unspecified atom stereocenters. The van der Waals surface area contributed by atoms with Gasteiger partial charge in [0.05, 0.1) is 18.1 Å². The summed E-state index contributed by atoms with van der Waals surface area (Å²) in [5.41, 5.74) is 1.53. The van der Waals surface area contributed by atoms with Crippen LogP contribution in [-0.2, 0) is 9.59 Å². The Morgan fingerprint density at radius 3 is 2.36 bits per heavy atom. The molecule has 2 heterocycles. The van der Waals surface area contributed by atoms with E-state index in [-0.39, 0.29) is 53.8 Å². The molecule has 142 valence electrons. The van der Waals surface area contributed by atoms with Crippen molar-refractivity contribution in [3.63, 3.8) is 0 Å². The Balaban J connectivity index is 1.49. The normalized spacial score (nSPS) is 27.5. The van der Waals surface area contributed by atoms with Gasteiger partial charge in [0.2, 0.25) is 11.8 Å². The van der Waals surface area contributed by atoms with Crippen molar-refractivity contribution in [3.8, 4) is 0 Å². The number of carbonyl (C=O) groups is 3. The molecule has 1 aromatic heterocycles. The molecule has 2 aromatic rings. The van der Waals surface area contributed by atoms with Crippen LogP contribution in [0.15, 0.2) is 59.2 Å². The lowest BCUT2D eigenvalue weighted by Crippen LogP contribution is -2.45. The van der Waals surface area contributed by atoms with Gasteiger partial charge < -0.3 is 4.42 Å². The number of rotatable bonds is 4. The number of fused-ring (bicyclic) bond motifs is 5. The molecule has 2 fully saturated rings. The van der Waals surface area contributed by atoms with Gasteiger partial charge >= 0.3 is 0 Å². The van der Waals surface area contributed by atoms with Crippen LogP contribution >= 0.6 is 0 Å². The molecule has 2 bridgehead atoms. The van der Waals surface area contributed by atoms with Crippen LogP contribution in [0.2, 0.25) is 0 Å². The van der Waals surface area contributed by atoms with E-state index in [2.05, 4.69) is 12.2 Å². The summed E-state index contributed by atoms with van der Waals surface area (Å²) in [6, 6.07) is 10.6. The Hall–Kier alpha value is -3.15. The van der Waals surface area contributed by atoms with Crippen molar-refractivity contribution in [2.24, 2.45) is 23.7 Å².